The van der Waals surface area contributed by atoms with E-state index in [-0.39, 0.29) is 4.90 Å². The minimum absolute atomic E-state index is 0.0859. The number of anilines is 2. The molecule has 6 heteroatoms. The second-order valence-electron chi connectivity index (χ2n) is 3.72. The Balaban J connectivity index is 3.50. The van der Waals surface area contributed by atoms with E-state index < -0.39 is 10.0 Å². The smallest absolute Gasteiger partial charge is 0.238 e. The van der Waals surface area contributed by atoms with Gasteiger partial charge in [0.15, 0.2) is 0 Å². The first-order chi connectivity index (χ1) is 7.27. The third-order valence-electron chi connectivity index (χ3n) is 2.55. The van der Waals surface area contributed by atoms with Crippen molar-refractivity contribution in [2.75, 3.05) is 24.2 Å². The van der Waals surface area contributed by atoms with Gasteiger partial charge in [0.1, 0.15) is 0 Å². The Bertz CT molecular complexity index is 497. The standard InChI is InChI=1S/C10H17N3O2S/c1-4-13(3)9-5-8(11)6-10(7(9)2)16(12,14)15/h5-6H,4,11H2,1-3H3,(H2,12,14,15). The van der Waals surface area contributed by atoms with Crippen LogP contribution in [-0.4, -0.2) is 22.0 Å². The maximum atomic E-state index is 11.4. The van der Waals surface area contributed by atoms with Gasteiger partial charge in [-0.3, -0.25) is 0 Å². The van der Waals surface area contributed by atoms with Crippen LogP contribution in [0.4, 0.5) is 11.4 Å². The molecule has 90 valence electrons. The van der Waals surface area contributed by atoms with Crippen LogP contribution >= 0.6 is 0 Å². The molecule has 1 aromatic rings. The van der Waals surface area contributed by atoms with Crippen molar-refractivity contribution in [3.63, 3.8) is 0 Å². The molecule has 0 aliphatic heterocycles. The molecule has 0 radical (unpaired) electrons. The molecular formula is C10H17N3O2S. The van der Waals surface area contributed by atoms with Crippen LogP contribution < -0.4 is 15.8 Å². The van der Waals surface area contributed by atoms with Gasteiger partial charge in [-0.1, -0.05) is 0 Å². The minimum Gasteiger partial charge on any atom is -0.399 e. The van der Waals surface area contributed by atoms with Crippen LogP contribution in [0.5, 0.6) is 0 Å². The van der Waals surface area contributed by atoms with E-state index in [1.165, 1.54) is 6.07 Å². The number of nitrogen functional groups attached to an aromatic ring is 1. The summed E-state index contributed by atoms with van der Waals surface area (Å²) in [5, 5.41) is 5.14. The van der Waals surface area contributed by atoms with Gasteiger partial charge in [-0.2, -0.15) is 0 Å². The van der Waals surface area contributed by atoms with Crippen LogP contribution in [0.3, 0.4) is 0 Å². The van der Waals surface area contributed by atoms with Crippen LogP contribution in [-0.2, 0) is 10.0 Å². The fraction of sp³-hybridized carbons (Fsp3) is 0.400. The zero-order valence-electron chi connectivity index (χ0n) is 9.69. The number of hydrogen-bond donors (Lipinski definition) is 2. The van der Waals surface area contributed by atoms with E-state index in [0.29, 0.717) is 11.3 Å². The molecule has 16 heavy (non-hydrogen) atoms. The molecule has 0 amide bonds. The van der Waals surface area contributed by atoms with E-state index in [4.69, 9.17) is 10.9 Å². The van der Waals surface area contributed by atoms with Crippen molar-refractivity contribution in [2.45, 2.75) is 18.7 Å². The summed E-state index contributed by atoms with van der Waals surface area (Å²) < 4.78 is 22.7. The molecule has 0 fully saturated rings. The van der Waals surface area contributed by atoms with Gasteiger partial charge in [0.2, 0.25) is 10.0 Å². The molecule has 0 heterocycles. The summed E-state index contributed by atoms with van der Waals surface area (Å²) in [6, 6.07) is 3.13. The van der Waals surface area contributed by atoms with Crippen molar-refractivity contribution in [1.82, 2.24) is 0 Å². The van der Waals surface area contributed by atoms with Gasteiger partial charge in [0.05, 0.1) is 4.90 Å². The molecule has 0 spiro atoms. The summed E-state index contributed by atoms with van der Waals surface area (Å²) in [5.74, 6) is 0. The Hall–Kier alpha value is -1.27. The summed E-state index contributed by atoms with van der Waals surface area (Å²) >= 11 is 0. The molecule has 0 unspecified atom stereocenters. The Morgan fingerprint density at radius 2 is 1.94 bits per heavy atom. The van der Waals surface area contributed by atoms with E-state index in [0.717, 1.165) is 12.2 Å². The van der Waals surface area contributed by atoms with Crippen LogP contribution in [0.25, 0.3) is 0 Å². The maximum absolute atomic E-state index is 11.4. The van der Waals surface area contributed by atoms with Gasteiger partial charge in [-0.05, 0) is 31.5 Å². The van der Waals surface area contributed by atoms with Gasteiger partial charge in [0, 0.05) is 25.0 Å². The van der Waals surface area contributed by atoms with Crippen LogP contribution in [0.1, 0.15) is 12.5 Å². The molecule has 0 aromatic heterocycles. The van der Waals surface area contributed by atoms with Crippen molar-refractivity contribution >= 4 is 21.4 Å². The number of nitrogens with two attached hydrogens (primary N) is 2. The Morgan fingerprint density at radius 3 is 2.38 bits per heavy atom. The first kappa shape index (κ1) is 12.8. The van der Waals surface area contributed by atoms with E-state index in [1.54, 1.807) is 13.0 Å². The maximum Gasteiger partial charge on any atom is 0.238 e. The van der Waals surface area contributed by atoms with Gasteiger partial charge in [-0.15, -0.1) is 0 Å². The Labute approximate surface area is 96.1 Å². The quantitative estimate of drug-likeness (QED) is 0.764. The highest BCUT2D eigenvalue weighted by Crippen LogP contribution is 2.28. The molecular weight excluding hydrogens is 226 g/mol. The number of nitrogens with zero attached hydrogens (tertiary/aromatic N) is 1. The first-order valence-electron chi connectivity index (χ1n) is 4.91. The minimum atomic E-state index is -3.73. The Kier molecular flexibility index (Phi) is 3.44. The molecule has 1 aromatic carbocycles. The van der Waals surface area contributed by atoms with E-state index in [2.05, 4.69) is 0 Å². The van der Waals surface area contributed by atoms with Gasteiger partial charge < -0.3 is 10.6 Å². The number of hydrogen-bond acceptors (Lipinski definition) is 4. The molecule has 0 saturated heterocycles. The molecule has 1 rings (SSSR count). The third kappa shape index (κ3) is 2.45. The van der Waals surface area contributed by atoms with Crippen LogP contribution in [0.15, 0.2) is 17.0 Å². The summed E-state index contributed by atoms with van der Waals surface area (Å²) in [7, 11) is -1.86. The normalized spacial score (nSPS) is 11.5. The molecule has 4 N–H and O–H groups in total. The average molecular weight is 243 g/mol. The Morgan fingerprint density at radius 1 is 1.38 bits per heavy atom. The fourth-order valence-corrected chi connectivity index (χ4v) is 2.39. The van der Waals surface area contributed by atoms with Gasteiger partial charge >= 0.3 is 0 Å². The van der Waals surface area contributed by atoms with Crippen molar-refractivity contribution in [3.05, 3.63) is 17.7 Å². The zero-order valence-corrected chi connectivity index (χ0v) is 10.5. The van der Waals surface area contributed by atoms with Gasteiger partial charge in [0.25, 0.3) is 0 Å². The third-order valence-corrected chi connectivity index (χ3v) is 3.58. The lowest BCUT2D eigenvalue weighted by molar-refractivity contribution is 0.597. The second kappa shape index (κ2) is 4.31. The van der Waals surface area contributed by atoms with Crippen molar-refractivity contribution in [1.29, 1.82) is 0 Å². The second-order valence-corrected chi connectivity index (χ2v) is 5.25. The van der Waals surface area contributed by atoms with Crippen molar-refractivity contribution in [3.8, 4) is 0 Å². The molecule has 0 aliphatic rings. The van der Waals surface area contributed by atoms with Crippen LogP contribution in [0, 0.1) is 6.92 Å². The molecule has 5 nitrogen and oxygen atoms in total. The van der Waals surface area contributed by atoms with Crippen molar-refractivity contribution < 1.29 is 8.42 Å². The fourth-order valence-electron chi connectivity index (χ4n) is 1.56. The van der Waals surface area contributed by atoms with E-state index >= 15 is 0 Å². The highest BCUT2D eigenvalue weighted by molar-refractivity contribution is 7.89. The molecule has 0 bridgehead atoms. The highest BCUT2D eigenvalue weighted by Gasteiger charge is 2.16. The number of benzene rings is 1. The summed E-state index contributed by atoms with van der Waals surface area (Å²) in [6.45, 7) is 4.45. The topological polar surface area (TPSA) is 89.4 Å². The highest BCUT2D eigenvalue weighted by atomic mass is 32.2. The number of sulfonamides is 1. The van der Waals surface area contributed by atoms with E-state index in [9.17, 15) is 8.42 Å². The SMILES string of the molecule is CCN(C)c1cc(N)cc(S(N)(=O)=O)c1C. The summed E-state index contributed by atoms with van der Waals surface area (Å²) in [5.41, 5.74) is 7.47. The predicted octanol–water partition coefficient (Wildman–Crippen LogP) is 0.681. The predicted molar refractivity (Wildman–Crippen MR) is 65.9 cm³/mol. The zero-order chi connectivity index (χ0) is 12.5. The average Bonchev–Trinajstić information content (AvgIpc) is 2.18. The monoisotopic (exact) mass is 243 g/mol. The number of primary sulfonamides is 1. The van der Waals surface area contributed by atoms with Crippen molar-refractivity contribution in [2.24, 2.45) is 5.14 Å². The summed E-state index contributed by atoms with van der Waals surface area (Å²) in [4.78, 5) is 2.00. The largest absolute Gasteiger partial charge is 0.399 e. The lowest BCUT2D eigenvalue weighted by Gasteiger charge is -2.21. The number of rotatable bonds is 3. The van der Waals surface area contributed by atoms with Gasteiger partial charge in [-0.25, -0.2) is 13.6 Å². The lowest BCUT2D eigenvalue weighted by atomic mass is 10.1. The van der Waals surface area contributed by atoms with E-state index in [1.807, 2.05) is 18.9 Å². The molecule has 0 saturated carbocycles. The van der Waals surface area contributed by atoms with Crippen LogP contribution in [0.2, 0.25) is 0 Å². The summed E-state index contributed by atoms with van der Waals surface area (Å²) in [6.07, 6.45) is 0. The molecule has 0 atom stereocenters. The first-order valence-corrected chi connectivity index (χ1v) is 6.46. The molecule has 0 aliphatic carbocycles. The lowest BCUT2D eigenvalue weighted by Crippen LogP contribution is -2.20.